The molecule has 0 spiro atoms. The Morgan fingerprint density at radius 3 is 1.56 bits per heavy atom. The van der Waals surface area contributed by atoms with Crippen LogP contribution < -0.4 is 9.47 Å². The van der Waals surface area contributed by atoms with Crippen LogP contribution in [0.25, 0.3) is 22.5 Å². The van der Waals surface area contributed by atoms with Gasteiger partial charge in [0.05, 0.1) is 6.61 Å². The molecule has 1 aromatic heterocycles. The molecule has 43 heavy (non-hydrogen) atoms. The Morgan fingerprint density at radius 1 is 0.535 bits per heavy atom. The topological polar surface area (TPSA) is 44.2 Å². The zero-order chi connectivity index (χ0) is 30.4. The molecule has 2 aromatic carbocycles. The highest BCUT2D eigenvalue weighted by molar-refractivity contribution is 5.64. The zero-order valence-electron chi connectivity index (χ0n) is 26.9. The summed E-state index contributed by atoms with van der Waals surface area (Å²) in [6.07, 6.45) is 23.6. The third-order valence-electron chi connectivity index (χ3n) is 8.02. The van der Waals surface area contributed by atoms with Crippen molar-refractivity contribution in [1.82, 2.24) is 9.97 Å². The quantitative estimate of drug-likeness (QED) is 0.0973. The molecule has 0 radical (unpaired) electrons. The largest absolute Gasteiger partial charge is 0.494 e. The van der Waals surface area contributed by atoms with E-state index < -0.39 is 6.17 Å². The van der Waals surface area contributed by atoms with E-state index in [9.17, 15) is 4.39 Å². The fourth-order valence-electron chi connectivity index (χ4n) is 5.27. The van der Waals surface area contributed by atoms with Crippen LogP contribution in [0.1, 0.15) is 123 Å². The number of alkyl halides is 1. The highest BCUT2D eigenvalue weighted by atomic mass is 19.1. The van der Waals surface area contributed by atoms with Crippen molar-refractivity contribution in [3.05, 3.63) is 60.9 Å². The highest BCUT2D eigenvalue weighted by Gasteiger charge is 2.09. The summed E-state index contributed by atoms with van der Waals surface area (Å²) < 4.78 is 25.8. The zero-order valence-corrected chi connectivity index (χ0v) is 26.9. The van der Waals surface area contributed by atoms with Crippen LogP contribution in [0.3, 0.4) is 0 Å². The highest BCUT2D eigenvalue weighted by Crippen LogP contribution is 2.25. The Kier molecular flexibility index (Phi) is 17.4. The Labute approximate surface area is 260 Å². The molecule has 4 nitrogen and oxygen atoms in total. The lowest BCUT2D eigenvalue weighted by Crippen LogP contribution is -2.12. The van der Waals surface area contributed by atoms with E-state index >= 15 is 0 Å². The van der Waals surface area contributed by atoms with Crippen LogP contribution in [0.2, 0.25) is 0 Å². The van der Waals surface area contributed by atoms with E-state index in [1.807, 2.05) is 48.8 Å². The van der Waals surface area contributed by atoms with Crippen LogP contribution in [-0.2, 0) is 0 Å². The molecular weight excluding hydrogens is 535 g/mol. The maximum atomic E-state index is 14.2. The van der Waals surface area contributed by atoms with Crippen molar-refractivity contribution in [2.75, 3.05) is 13.2 Å². The average Bonchev–Trinajstić information content (AvgIpc) is 3.05. The second-order valence-electron chi connectivity index (χ2n) is 11.8. The van der Waals surface area contributed by atoms with E-state index in [0.29, 0.717) is 18.0 Å². The molecule has 1 atom stereocenters. The van der Waals surface area contributed by atoms with Gasteiger partial charge in [0.2, 0.25) is 0 Å². The lowest BCUT2D eigenvalue weighted by atomic mass is 10.1. The molecule has 1 heterocycles. The summed E-state index contributed by atoms with van der Waals surface area (Å²) in [5, 5.41) is 0. The summed E-state index contributed by atoms with van der Waals surface area (Å²) in [6.45, 7) is 5.35. The monoisotopic (exact) mass is 590 g/mol. The summed E-state index contributed by atoms with van der Waals surface area (Å²) in [5.41, 5.74) is 2.92. The van der Waals surface area contributed by atoms with E-state index in [-0.39, 0.29) is 6.61 Å². The van der Waals surface area contributed by atoms with E-state index in [2.05, 4.69) is 35.9 Å². The lowest BCUT2D eigenvalue weighted by Gasteiger charge is -2.11. The first-order chi connectivity index (χ1) is 21.2. The summed E-state index contributed by atoms with van der Waals surface area (Å²) in [4.78, 5) is 9.16. The standard InChI is InChI=1S/C38H55FN2O2/c1-3-5-7-9-11-12-13-14-16-18-28-42-36-24-20-32(21-25-36)34-29-40-38(41-30-34)33-22-26-37(27-23-33)43-31-35(39)19-17-15-10-8-6-4-2/h20-27,29-30,35H,3-19,28,31H2,1-2H3. The first kappa shape index (κ1) is 34.5. The third kappa shape index (κ3) is 14.4. The second kappa shape index (κ2) is 21.7. The minimum Gasteiger partial charge on any atom is -0.494 e. The predicted molar refractivity (Wildman–Crippen MR) is 179 cm³/mol. The maximum Gasteiger partial charge on any atom is 0.159 e. The van der Waals surface area contributed by atoms with Crippen LogP contribution >= 0.6 is 0 Å². The fourth-order valence-corrected chi connectivity index (χ4v) is 5.27. The van der Waals surface area contributed by atoms with Gasteiger partial charge in [0.25, 0.3) is 0 Å². The van der Waals surface area contributed by atoms with Crippen LogP contribution in [-0.4, -0.2) is 29.4 Å². The lowest BCUT2D eigenvalue weighted by molar-refractivity contribution is 0.184. The van der Waals surface area contributed by atoms with Gasteiger partial charge in [-0.25, -0.2) is 14.4 Å². The molecule has 0 aliphatic heterocycles. The molecule has 3 aromatic rings. The predicted octanol–water partition coefficient (Wildman–Crippen LogP) is 11.6. The van der Waals surface area contributed by atoms with Crippen molar-refractivity contribution in [2.24, 2.45) is 0 Å². The number of halogens is 1. The summed E-state index contributed by atoms with van der Waals surface area (Å²) in [7, 11) is 0. The molecule has 0 saturated heterocycles. The van der Waals surface area contributed by atoms with Gasteiger partial charge in [-0.05, 0) is 54.8 Å². The van der Waals surface area contributed by atoms with Crippen LogP contribution in [0.5, 0.6) is 11.5 Å². The maximum absolute atomic E-state index is 14.2. The molecule has 3 rings (SSSR count). The number of nitrogens with zero attached hydrogens (tertiary/aromatic N) is 2. The Hall–Kier alpha value is -2.95. The van der Waals surface area contributed by atoms with Crippen LogP contribution in [0.15, 0.2) is 60.9 Å². The number of rotatable bonds is 24. The number of aromatic nitrogens is 2. The van der Waals surface area contributed by atoms with Crippen molar-refractivity contribution < 1.29 is 13.9 Å². The smallest absolute Gasteiger partial charge is 0.159 e. The molecule has 0 aliphatic carbocycles. The molecule has 1 unspecified atom stereocenters. The van der Waals surface area contributed by atoms with Gasteiger partial charge in [-0.3, -0.25) is 0 Å². The number of ether oxygens (including phenoxy) is 2. The van der Waals surface area contributed by atoms with Crippen molar-refractivity contribution in [3.8, 4) is 34.0 Å². The fraction of sp³-hybridized carbons (Fsp3) is 0.579. The Morgan fingerprint density at radius 2 is 1.00 bits per heavy atom. The minimum absolute atomic E-state index is 0.0998. The van der Waals surface area contributed by atoms with Crippen molar-refractivity contribution in [2.45, 2.75) is 129 Å². The molecule has 0 fully saturated rings. The first-order valence-electron chi connectivity index (χ1n) is 17.1. The average molecular weight is 591 g/mol. The molecule has 0 saturated carbocycles. The summed E-state index contributed by atoms with van der Waals surface area (Å²) >= 11 is 0. The van der Waals surface area contributed by atoms with Crippen molar-refractivity contribution in [1.29, 1.82) is 0 Å². The second-order valence-corrected chi connectivity index (χ2v) is 11.8. The summed E-state index contributed by atoms with van der Waals surface area (Å²) in [6, 6.07) is 15.7. The van der Waals surface area contributed by atoms with Crippen molar-refractivity contribution >= 4 is 0 Å². The summed E-state index contributed by atoms with van der Waals surface area (Å²) in [5.74, 6) is 2.22. The number of hydrogen-bond donors (Lipinski definition) is 0. The van der Waals surface area contributed by atoms with E-state index in [0.717, 1.165) is 48.3 Å². The number of unbranched alkanes of at least 4 members (excludes halogenated alkanes) is 14. The first-order valence-corrected chi connectivity index (χ1v) is 17.1. The molecule has 0 bridgehead atoms. The third-order valence-corrected chi connectivity index (χ3v) is 8.02. The van der Waals surface area contributed by atoms with Gasteiger partial charge in [-0.2, -0.15) is 0 Å². The molecule has 5 heteroatoms. The van der Waals surface area contributed by atoms with Gasteiger partial charge in [0, 0.05) is 23.5 Å². The normalized spacial score (nSPS) is 11.9. The van der Waals surface area contributed by atoms with E-state index in [4.69, 9.17) is 9.47 Å². The Bertz CT molecular complexity index is 1090. The molecule has 236 valence electrons. The van der Waals surface area contributed by atoms with E-state index in [1.54, 1.807) is 0 Å². The molecule has 0 N–H and O–H groups in total. The molecule has 0 amide bonds. The molecule has 0 aliphatic rings. The van der Waals surface area contributed by atoms with Crippen LogP contribution in [0.4, 0.5) is 4.39 Å². The molecular formula is C38H55FN2O2. The van der Waals surface area contributed by atoms with Gasteiger partial charge >= 0.3 is 0 Å². The number of benzene rings is 2. The van der Waals surface area contributed by atoms with Gasteiger partial charge in [0.1, 0.15) is 24.3 Å². The van der Waals surface area contributed by atoms with Crippen LogP contribution in [0, 0.1) is 0 Å². The Balaban J connectivity index is 1.33. The van der Waals surface area contributed by atoms with Gasteiger partial charge < -0.3 is 9.47 Å². The SMILES string of the molecule is CCCCCCCCCCCCOc1ccc(-c2cnc(-c3ccc(OCC(F)CCCCCCCC)cc3)nc2)cc1. The van der Waals surface area contributed by atoms with Gasteiger partial charge in [-0.15, -0.1) is 0 Å². The van der Waals surface area contributed by atoms with Gasteiger partial charge in [-0.1, -0.05) is 122 Å². The number of hydrogen-bond acceptors (Lipinski definition) is 4. The van der Waals surface area contributed by atoms with E-state index in [1.165, 1.54) is 83.5 Å². The van der Waals surface area contributed by atoms with Crippen molar-refractivity contribution in [3.63, 3.8) is 0 Å². The minimum atomic E-state index is -0.924. The van der Waals surface area contributed by atoms with Gasteiger partial charge in [0.15, 0.2) is 5.82 Å².